The van der Waals surface area contributed by atoms with Crippen LogP contribution in [0.5, 0.6) is 0 Å². The number of ether oxygens (including phenoxy) is 4. The summed E-state index contributed by atoms with van der Waals surface area (Å²) in [5, 5.41) is 10.7. The quantitative estimate of drug-likeness (QED) is 0.0222. The Morgan fingerprint density at radius 1 is 0.265 bits per heavy atom. The normalized spacial score (nSPS) is 13.9. The van der Waals surface area contributed by atoms with Crippen molar-refractivity contribution in [1.29, 1.82) is 0 Å². The van der Waals surface area contributed by atoms with Crippen LogP contribution in [-0.4, -0.2) is 96.7 Å². The fourth-order valence-corrected chi connectivity index (χ4v) is 14.5. The maximum absolute atomic E-state index is 13.1. The summed E-state index contributed by atoms with van der Waals surface area (Å²) in [6, 6.07) is 0. The van der Waals surface area contributed by atoms with Gasteiger partial charge in [-0.05, 0) is 37.5 Å². The van der Waals surface area contributed by atoms with Gasteiger partial charge in [-0.15, -0.1) is 0 Å². The Morgan fingerprint density at radius 3 is 0.667 bits per heavy atom. The molecule has 0 aliphatic heterocycles. The van der Waals surface area contributed by atoms with Gasteiger partial charge in [-0.2, -0.15) is 0 Å². The van der Waals surface area contributed by atoms with E-state index in [9.17, 15) is 43.2 Å². The molecular formula is C83H162O17P2. The largest absolute Gasteiger partial charge is 0.472 e. The highest BCUT2D eigenvalue weighted by molar-refractivity contribution is 7.47. The van der Waals surface area contributed by atoms with Gasteiger partial charge in [-0.25, -0.2) is 9.13 Å². The maximum Gasteiger partial charge on any atom is 0.472 e. The zero-order chi connectivity index (χ0) is 74.9. The van der Waals surface area contributed by atoms with Crippen molar-refractivity contribution < 1.29 is 80.2 Å². The SMILES string of the molecule is CCCCCCCCCCCCCCCCCCCCCCC(=O)O[C@H](COC(=O)CCCCCCCCCCCCCCCCCC(C)C)COP(=O)(O)OC[C@@H](O)COP(=O)(O)OC[C@@H](COC(=O)CCCCCCCCCCCCCC)OC(=O)CCCCCCCCCCCC(C)C. The van der Waals surface area contributed by atoms with E-state index in [1.165, 1.54) is 257 Å². The van der Waals surface area contributed by atoms with E-state index in [0.29, 0.717) is 25.7 Å². The fourth-order valence-electron chi connectivity index (χ4n) is 12.9. The lowest BCUT2D eigenvalue weighted by atomic mass is 10.0. The van der Waals surface area contributed by atoms with Crippen LogP contribution in [0.25, 0.3) is 0 Å². The van der Waals surface area contributed by atoms with E-state index in [0.717, 1.165) is 102 Å². The van der Waals surface area contributed by atoms with E-state index in [1.54, 1.807) is 0 Å². The van der Waals surface area contributed by atoms with Gasteiger partial charge >= 0.3 is 39.5 Å². The first-order valence-electron chi connectivity index (χ1n) is 43.0. The Bertz CT molecular complexity index is 1960. The highest BCUT2D eigenvalue weighted by Gasteiger charge is 2.30. The molecule has 0 saturated heterocycles. The van der Waals surface area contributed by atoms with Gasteiger partial charge in [0.2, 0.25) is 0 Å². The summed E-state index contributed by atoms with van der Waals surface area (Å²) >= 11 is 0. The zero-order valence-electron chi connectivity index (χ0n) is 66.9. The van der Waals surface area contributed by atoms with Gasteiger partial charge in [0.1, 0.15) is 19.3 Å². The van der Waals surface area contributed by atoms with Crippen LogP contribution in [0.1, 0.15) is 440 Å². The number of hydrogen-bond donors (Lipinski definition) is 3. The van der Waals surface area contributed by atoms with Gasteiger partial charge in [0, 0.05) is 25.7 Å². The highest BCUT2D eigenvalue weighted by atomic mass is 31.2. The highest BCUT2D eigenvalue weighted by Crippen LogP contribution is 2.45. The average molecular weight is 1490 g/mol. The van der Waals surface area contributed by atoms with Crippen molar-refractivity contribution in [2.45, 2.75) is 458 Å². The molecule has 0 aromatic rings. The van der Waals surface area contributed by atoms with Gasteiger partial charge in [0.05, 0.1) is 26.4 Å². The first kappa shape index (κ1) is 100. The molecular weight excluding hydrogens is 1330 g/mol. The third-order valence-electron chi connectivity index (χ3n) is 19.5. The molecule has 0 saturated carbocycles. The van der Waals surface area contributed by atoms with Crippen LogP contribution in [0.2, 0.25) is 0 Å². The molecule has 0 aromatic heterocycles. The second kappa shape index (κ2) is 74.5. The summed E-state index contributed by atoms with van der Waals surface area (Å²) in [7, 11) is -9.92. The molecule has 2 unspecified atom stereocenters. The topological polar surface area (TPSA) is 237 Å². The van der Waals surface area contributed by atoms with Gasteiger partial charge < -0.3 is 33.8 Å². The maximum atomic E-state index is 13.1. The Labute approximate surface area is 626 Å². The fraction of sp³-hybridized carbons (Fsp3) is 0.952. The zero-order valence-corrected chi connectivity index (χ0v) is 68.7. The van der Waals surface area contributed by atoms with Crippen LogP contribution in [0.4, 0.5) is 0 Å². The standard InChI is InChI=1S/C83H162O17P2/c1-7-9-11-13-15-17-19-21-22-23-24-25-26-29-33-37-43-49-55-61-67-82(87)99-78(71-94-81(86)66-60-54-48-42-36-32-30-27-28-31-34-39-45-51-57-63-75(3)4)73-97-101(89,90)95-69-77(84)70-96-102(91,92)98-74-79(100-83(88)68-62-56-50-44-38-40-46-52-58-64-76(5)6)72-93-80(85)65-59-53-47-41-35-20-18-16-14-12-10-8-2/h75-79,84H,7-74H2,1-6H3,(H,89,90)(H,91,92)/t77-,78-,79-/m1/s1. The summed E-state index contributed by atoms with van der Waals surface area (Å²) < 4.78 is 68.8. The molecule has 0 bridgehead atoms. The van der Waals surface area contributed by atoms with Crippen molar-refractivity contribution in [3.05, 3.63) is 0 Å². The molecule has 0 radical (unpaired) electrons. The van der Waals surface area contributed by atoms with E-state index in [1.807, 2.05) is 0 Å². The number of phosphoric acid groups is 2. The average Bonchev–Trinajstić information content (AvgIpc) is 0.909. The first-order valence-corrected chi connectivity index (χ1v) is 46.0. The van der Waals surface area contributed by atoms with E-state index >= 15 is 0 Å². The number of esters is 4. The molecule has 0 heterocycles. The molecule has 0 spiro atoms. The van der Waals surface area contributed by atoms with Crippen molar-refractivity contribution in [2.24, 2.45) is 11.8 Å². The Morgan fingerprint density at radius 2 is 0.451 bits per heavy atom. The van der Waals surface area contributed by atoms with Gasteiger partial charge in [-0.3, -0.25) is 37.3 Å². The molecule has 0 rings (SSSR count). The third-order valence-corrected chi connectivity index (χ3v) is 21.4. The molecule has 19 heteroatoms. The van der Waals surface area contributed by atoms with E-state index in [2.05, 4.69) is 41.5 Å². The first-order chi connectivity index (χ1) is 49.4. The van der Waals surface area contributed by atoms with Crippen molar-refractivity contribution in [1.82, 2.24) is 0 Å². The minimum atomic E-state index is -4.96. The number of aliphatic hydroxyl groups is 1. The summed E-state index contributed by atoms with van der Waals surface area (Å²) in [6.45, 7) is 9.65. The molecule has 0 aromatic carbocycles. The molecule has 606 valence electrons. The molecule has 0 amide bonds. The Kier molecular flexibility index (Phi) is 73.1. The number of carbonyl (C=O) groups is 4. The van der Waals surface area contributed by atoms with Crippen molar-refractivity contribution in [3.63, 3.8) is 0 Å². The molecule has 0 fully saturated rings. The minimum absolute atomic E-state index is 0.106. The monoisotopic (exact) mass is 1490 g/mol. The lowest BCUT2D eigenvalue weighted by Gasteiger charge is -2.21. The molecule has 0 aliphatic rings. The number of rotatable bonds is 82. The molecule has 5 atom stereocenters. The Hall–Kier alpha value is -1.94. The van der Waals surface area contributed by atoms with Crippen LogP contribution in [-0.2, 0) is 65.4 Å². The van der Waals surface area contributed by atoms with Crippen molar-refractivity contribution >= 4 is 39.5 Å². The number of phosphoric ester groups is 2. The van der Waals surface area contributed by atoms with Crippen LogP contribution in [0.3, 0.4) is 0 Å². The van der Waals surface area contributed by atoms with Crippen molar-refractivity contribution in [2.75, 3.05) is 39.6 Å². The molecule has 3 N–H and O–H groups in total. The van der Waals surface area contributed by atoms with Gasteiger partial charge in [-0.1, -0.05) is 388 Å². The van der Waals surface area contributed by atoms with Crippen molar-refractivity contribution in [3.8, 4) is 0 Å². The lowest BCUT2D eigenvalue weighted by Crippen LogP contribution is -2.30. The third kappa shape index (κ3) is 76.3. The van der Waals surface area contributed by atoms with Crippen LogP contribution >= 0.6 is 15.6 Å². The minimum Gasteiger partial charge on any atom is -0.462 e. The Balaban J connectivity index is 5.23. The summed E-state index contributed by atoms with van der Waals surface area (Å²) in [5.74, 6) is -0.563. The predicted molar refractivity (Wildman–Crippen MR) is 418 cm³/mol. The van der Waals surface area contributed by atoms with Crippen LogP contribution in [0.15, 0.2) is 0 Å². The smallest absolute Gasteiger partial charge is 0.462 e. The second-order valence-corrected chi connectivity index (χ2v) is 33.7. The summed E-state index contributed by atoms with van der Waals surface area (Å²) in [4.78, 5) is 73.1. The van der Waals surface area contributed by atoms with Gasteiger partial charge in [0.25, 0.3) is 0 Å². The number of hydrogen-bond acceptors (Lipinski definition) is 15. The predicted octanol–water partition coefficient (Wildman–Crippen LogP) is 25.1. The summed E-state index contributed by atoms with van der Waals surface area (Å²) in [6.07, 6.45) is 65.2. The molecule has 0 aliphatic carbocycles. The van der Waals surface area contributed by atoms with Crippen LogP contribution in [0, 0.1) is 11.8 Å². The molecule has 17 nitrogen and oxygen atoms in total. The van der Waals surface area contributed by atoms with Gasteiger partial charge in [0.15, 0.2) is 12.2 Å². The molecule has 102 heavy (non-hydrogen) atoms. The second-order valence-electron chi connectivity index (χ2n) is 30.8. The number of aliphatic hydroxyl groups excluding tert-OH is 1. The number of carbonyl (C=O) groups excluding carboxylic acids is 4. The lowest BCUT2D eigenvalue weighted by molar-refractivity contribution is -0.161. The van der Waals surface area contributed by atoms with E-state index in [4.69, 9.17) is 37.0 Å². The summed E-state index contributed by atoms with van der Waals surface area (Å²) in [5.41, 5.74) is 0. The van der Waals surface area contributed by atoms with E-state index < -0.39 is 97.5 Å². The van der Waals surface area contributed by atoms with Crippen LogP contribution < -0.4 is 0 Å². The number of unbranched alkanes of at least 4 members (excludes halogenated alkanes) is 52. The van der Waals surface area contributed by atoms with E-state index in [-0.39, 0.29) is 25.7 Å².